The molecule has 0 bridgehead atoms. The molecular weight excluding hydrogens is 340 g/mol. The molecule has 5 heteroatoms. The van der Waals surface area contributed by atoms with Gasteiger partial charge in [-0.25, -0.2) is 0 Å². The van der Waals surface area contributed by atoms with Crippen LogP contribution in [0.25, 0.3) is 0 Å². The minimum atomic E-state index is 0.0429. The second-order valence-electron chi connectivity index (χ2n) is 8.42. The van der Waals surface area contributed by atoms with E-state index < -0.39 is 0 Å². The van der Waals surface area contributed by atoms with E-state index in [1.54, 1.807) is 7.11 Å². The fraction of sp³-hybridized carbons (Fsp3) is 0.636. The number of carbonyl (C=O) groups excluding carboxylic acids is 2. The van der Waals surface area contributed by atoms with E-state index in [0.717, 1.165) is 51.7 Å². The average molecular weight is 370 g/mol. The SMILES string of the molecule is COCCN1CC2(CCC1=O)CCN(C(=O)[C@H]1CCc3ccccc31)CC2. The van der Waals surface area contributed by atoms with Crippen molar-refractivity contribution in [3.63, 3.8) is 0 Å². The van der Waals surface area contributed by atoms with E-state index >= 15 is 0 Å². The van der Waals surface area contributed by atoms with Crippen LogP contribution in [0.15, 0.2) is 24.3 Å². The Bertz CT molecular complexity index is 709. The van der Waals surface area contributed by atoms with Gasteiger partial charge in [-0.1, -0.05) is 24.3 Å². The number of amides is 2. The molecule has 4 rings (SSSR count). The van der Waals surface area contributed by atoms with Gasteiger partial charge in [-0.2, -0.15) is 0 Å². The maximum Gasteiger partial charge on any atom is 0.230 e. The number of fused-ring (bicyclic) bond motifs is 1. The van der Waals surface area contributed by atoms with Crippen LogP contribution >= 0.6 is 0 Å². The molecule has 0 aromatic heterocycles. The number of hydrogen-bond donors (Lipinski definition) is 0. The molecule has 27 heavy (non-hydrogen) atoms. The number of rotatable bonds is 4. The third kappa shape index (κ3) is 3.62. The summed E-state index contributed by atoms with van der Waals surface area (Å²) in [5.41, 5.74) is 2.76. The minimum Gasteiger partial charge on any atom is -0.383 e. The highest BCUT2D eigenvalue weighted by atomic mass is 16.5. The second kappa shape index (κ2) is 7.63. The largest absolute Gasteiger partial charge is 0.383 e. The lowest BCUT2D eigenvalue weighted by Gasteiger charge is -2.47. The normalized spacial score (nSPS) is 24.3. The van der Waals surface area contributed by atoms with Crippen molar-refractivity contribution in [2.45, 2.75) is 44.4 Å². The number of nitrogens with zero attached hydrogens (tertiary/aromatic N) is 2. The van der Waals surface area contributed by atoms with Crippen LogP contribution in [-0.2, 0) is 20.7 Å². The van der Waals surface area contributed by atoms with E-state index in [0.29, 0.717) is 25.5 Å². The number of piperidine rings is 2. The summed E-state index contributed by atoms with van der Waals surface area (Å²) in [7, 11) is 1.68. The third-order valence-electron chi connectivity index (χ3n) is 6.88. The summed E-state index contributed by atoms with van der Waals surface area (Å²) < 4.78 is 5.16. The van der Waals surface area contributed by atoms with Crippen molar-refractivity contribution < 1.29 is 14.3 Å². The number of aryl methyl sites for hydroxylation is 1. The Balaban J connectivity index is 1.37. The first-order valence-corrected chi connectivity index (χ1v) is 10.3. The molecule has 1 atom stereocenters. The van der Waals surface area contributed by atoms with E-state index in [4.69, 9.17) is 4.74 Å². The van der Waals surface area contributed by atoms with Gasteiger partial charge in [-0.15, -0.1) is 0 Å². The predicted octanol–water partition coefficient (Wildman–Crippen LogP) is 2.59. The molecular formula is C22H30N2O3. The molecule has 5 nitrogen and oxygen atoms in total. The molecule has 2 saturated heterocycles. The summed E-state index contributed by atoms with van der Waals surface area (Å²) in [5, 5.41) is 0. The molecule has 0 unspecified atom stereocenters. The van der Waals surface area contributed by atoms with Gasteiger partial charge < -0.3 is 14.5 Å². The van der Waals surface area contributed by atoms with Gasteiger partial charge in [-0.05, 0) is 48.6 Å². The number of hydrogen-bond acceptors (Lipinski definition) is 3. The molecule has 2 amide bonds. The summed E-state index contributed by atoms with van der Waals surface area (Å²) in [5.74, 6) is 0.595. The van der Waals surface area contributed by atoms with E-state index in [1.807, 2.05) is 11.0 Å². The lowest BCUT2D eigenvalue weighted by Crippen LogP contribution is -2.53. The van der Waals surface area contributed by atoms with E-state index in [-0.39, 0.29) is 17.2 Å². The topological polar surface area (TPSA) is 49.9 Å². The number of methoxy groups -OCH3 is 1. The second-order valence-corrected chi connectivity index (χ2v) is 8.42. The molecule has 3 aliphatic rings. The lowest BCUT2D eigenvalue weighted by atomic mass is 9.72. The van der Waals surface area contributed by atoms with Gasteiger partial charge in [0.05, 0.1) is 12.5 Å². The van der Waals surface area contributed by atoms with Crippen molar-refractivity contribution in [2.75, 3.05) is 39.9 Å². The molecule has 0 saturated carbocycles. The van der Waals surface area contributed by atoms with E-state index in [2.05, 4.69) is 23.1 Å². The Morgan fingerprint density at radius 3 is 2.74 bits per heavy atom. The number of benzene rings is 1. The molecule has 1 aliphatic carbocycles. The van der Waals surface area contributed by atoms with E-state index in [1.165, 1.54) is 11.1 Å². The lowest BCUT2D eigenvalue weighted by molar-refractivity contribution is -0.143. The van der Waals surface area contributed by atoms with Crippen LogP contribution in [0.2, 0.25) is 0 Å². The summed E-state index contributed by atoms with van der Waals surface area (Å²) in [6, 6.07) is 8.39. The van der Waals surface area contributed by atoms with Crippen LogP contribution in [0.5, 0.6) is 0 Å². The maximum atomic E-state index is 13.1. The molecule has 0 N–H and O–H groups in total. The summed E-state index contributed by atoms with van der Waals surface area (Å²) in [4.78, 5) is 29.4. The number of ether oxygens (including phenoxy) is 1. The van der Waals surface area contributed by atoms with E-state index in [9.17, 15) is 9.59 Å². The van der Waals surface area contributed by atoms with Gasteiger partial charge in [0, 0.05) is 39.7 Å². The molecule has 1 aromatic rings. The van der Waals surface area contributed by atoms with Gasteiger partial charge in [0.1, 0.15) is 0 Å². The molecule has 2 aliphatic heterocycles. The number of carbonyl (C=O) groups is 2. The monoisotopic (exact) mass is 370 g/mol. The third-order valence-corrected chi connectivity index (χ3v) is 6.88. The predicted molar refractivity (Wildman–Crippen MR) is 103 cm³/mol. The summed E-state index contributed by atoms with van der Waals surface area (Å²) >= 11 is 0. The van der Waals surface area contributed by atoms with Crippen LogP contribution in [0.1, 0.15) is 49.1 Å². The van der Waals surface area contributed by atoms with Gasteiger partial charge >= 0.3 is 0 Å². The van der Waals surface area contributed by atoms with Crippen molar-refractivity contribution >= 4 is 11.8 Å². The standard InChI is InChI=1S/C22H30N2O3/c1-27-15-14-24-16-22(9-8-20(24)25)10-12-23(13-11-22)21(26)19-7-6-17-4-2-3-5-18(17)19/h2-5,19H,6-16H2,1H3/t19-/m0/s1. The maximum absolute atomic E-state index is 13.1. The highest BCUT2D eigenvalue weighted by molar-refractivity contribution is 5.85. The van der Waals surface area contributed by atoms with Crippen molar-refractivity contribution in [1.82, 2.24) is 9.80 Å². The molecule has 0 radical (unpaired) electrons. The first-order chi connectivity index (χ1) is 13.1. The Kier molecular flexibility index (Phi) is 5.22. The zero-order valence-electron chi connectivity index (χ0n) is 16.3. The van der Waals surface area contributed by atoms with Crippen LogP contribution < -0.4 is 0 Å². The summed E-state index contributed by atoms with van der Waals surface area (Å²) in [6.07, 6.45) is 5.56. The van der Waals surface area contributed by atoms with Gasteiger partial charge in [-0.3, -0.25) is 9.59 Å². The molecule has 146 valence electrons. The number of likely N-dealkylation sites (tertiary alicyclic amines) is 2. The van der Waals surface area contributed by atoms with Crippen molar-refractivity contribution in [2.24, 2.45) is 5.41 Å². The minimum absolute atomic E-state index is 0.0429. The fourth-order valence-electron chi connectivity index (χ4n) is 5.15. The highest BCUT2D eigenvalue weighted by Crippen LogP contribution is 2.42. The van der Waals surface area contributed by atoms with Crippen molar-refractivity contribution in [3.05, 3.63) is 35.4 Å². The Labute approximate surface area is 161 Å². The van der Waals surface area contributed by atoms with Crippen LogP contribution in [-0.4, -0.2) is 61.5 Å². The fourth-order valence-corrected chi connectivity index (χ4v) is 5.15. The molecule has 2 fully saturated rings. The van der Waals surface area contributed by atoms with Gasteiger partial charge in [0.2, 0.25) is 11.8 Å². The quantitative estimate of drug-likeness (QED) is 0.819. The van der Waals surface area contributed by atoms with Crippen molar-refractivity contribution in [1.29, 1.82) is 0 Å². The Hall–Kier alpha value is -1.88. The van der Waals surface area contributed by atoms with Crippen LogP contribution in [0.3, 0.4) is 0 Å². The molecule has 1 spiro atoms. The van der Waals surface area contributed by atoms with Gasteiger partial charge in [0.25, 0.3) is 0 Å². The average Bonchev–Trinajstić information content (AvgIpc) is 3.13. The zero-order chi connectivity index (χ0) is 18.9. The van der Waals surface area contributed by atoms with Crippen molar-refractivity contribution in [3.8, 4) is 0 Å². The summed E-state index contributed by atoms with van der Waals surface area (Å²) in [6.45, 7) is 3.74. The highest BCUT2D eigenvalue weighted by Gasteiger charge is 2.42. The first-order valence-electron chi connectivity index (χ1n) is 10.3. The van der Waals surface area contributed by atoms with Crippen LogP contribution in [0.4, 0.5) is 0 Å². The molecule has 2 heterocycles. The van der Waals surface area contributed by atoms with Crippen LogP contribution in [0, 0.1) is 5.41 Å². The zero-order valence-corrected chi connectivity index (χ0v) is 16.3. The Morgan fingerprint density at radius 2 is 1.96 bits per heavy atom. The van der Waals surface area contributed by atoms with Gasteiger partial charge in [0.15, 0.2) is 0 Å². The smallest absolute Gasteiger partial charge is 0.230 e. The molecule has 1 aromatic carbocycles. The Morgan fingerprint density at radius 1 is 1.19 bits per heavy atom. The first kappa shape index (κ1) is 18.5.